The first-order valence-electron chi connectivity index (χ1n) is 6.16. The highest BCUT2D eigenvalue weighted by molar-refractivity contribution is 5.81. The third kappa shape index (κ3) is 5.67. The van der Waals surface area contributed by atoms with Crippen LogP contribution >= 0.6 is 0 Å². The van der Waals surface area contributed by atoms with Gasteiger partial charge in [0.1, 0.15) is 0 Å². The third-order valence-corrected chi connectivity index (χ3v) is 2.62. The topological polar surface area (TPSA) is 72.5 Å². The van der Waals surface area contributed by atoms with Gasteiger partial charge in [0, 0.05) is 32.5 Å². The Balaban J connectivity index is 2.36. The molecular weight excluding hydrogens is 246 g/mol. The van der Waals surface area contributed by atoms with Crippen LogP contribution in [0.25, 0.3) is 0 Å². The van der Waals surface area contributed by atoms with Gasteiger partial charge in [-0.15, -0.1) is 0 Å². The number of rotatable bonds is 8. The lowest BCUT2D eigenvalue weighted by Crippen LogP contribution is -2.42. The van der Waals surface area contributed by atoms with Crippen LogP contribution in [0.1, 0.15) is 12.5 Å². The van der Waals surface area contributed by atoms with Crippen LogP contribution in [-0.4, -0.2) is 44.3 Å². The number of pyridine rings is 1. The second kappa shape index (κ2) is 8.44. The Kier molecular flexibility index (Phi) is 6.84. The van der Waals surface area contributed by atoms with E-state index in [-0.39, 0.29) is 11.9 Å². The number of carbonyl (C=O) groups is 1. The number of amides is 1. The van der Waals surface area contributed by atoms with Crippen LogP contribution in [0.15, 0.2) is 18.3 Å². The molecule has 106 valence electrons. The number of nitrogens with zero attached hydrogens (tertiary/aromatic N) is 1. The second-order valence-corrected chi connectivity index (χ2v) is 4.09. The van der Waals surface area contributed by atoms with Crippen LogP contribution in [0.5, 0.6) is 5.88 Å². The van der Waals surface area contributed by atoms with E-state index in [0.717, 1.165) is 5.56 Å². The van der Waals surface area contributed by atoms with E-state index >= 15 is 0 Å². The lowest BCUT2D eigenvalue weighted by Gasteiger charge is -2.14. The van der Waals surface area contributed by atoms with E-state index < -0.39 is 0 Å². The molecule has 0 aliphatic carbocycles. The van der Waals surface area contributed by atoms with Crippen molar-refractivity contribution in [2.75, 3.05) is 27.4 Å². The molecule has 0 saturated heterocycles. The minimum absolute atomic E-state index is 0.0435. The van der Waals surface area contributed by atoms with Gasteiger partial charge in [0.25, 0.3) is 0 Å². The van der Waals surface area contributed by atoms with E-state index in [1.54, 1.807) is 20.4 Å². The number of hydrogen-bond acceptors (Lipinski definition) is 5. The van der Waals surface area contributed by atoms with E-state index in [2.05, 4.69) is 15.6 Å². The summed E-state index contributed by atoms with van der Waals surface area (Å²) in [5.74, 6) is 0.523. The van der Waals surface area contributed by atoms with E-state index in [1.807, 2.05) is 19.1 Å². The van der Waals surface area contributed by atoms with Crippen molar-refractivity contribution in [1.29, 1.82) is 0 Å². The summed E-state index contributed by atoms with van der Waals surface area (Å²) in [6.07, 6.45) is 1.68. The predicted molar refractivity (Wildman–Crippen MR) is 72.0 cm³/mol. The Morgan fingerprint density at radius 1 is 1.47 bits per heavy atom. The summed E-state index contributed by atoms with van der Waals surface area (Å²) < 4.78 is 9.91. The first-order chi connectivity index (χ1) is 9.17. The Labute approximate surface area is 113 Å². The molecule has 0 aromatic carbocycles. The summed E-state index contributed by atoms with van der Waals surface area (Å²) in [5.41, 5.74) is 1.02. The van der Waals surface area contributed by atoms with Gasteiger partial charge in [0.05, 0.1) is 19.8 Å². The SMILES string of the molecule is COCCNC(=O)C(C)NCc1ccnc(OC)c1. The maximum atomic E-state index is 11.7. The van der Waals surface area contributed by atoms with Crippen LogP contribution in [0.4, 0.5) is 0 Å². The maximum Gasteiger partial charge on any atom is 0.236 e. The fourth-order valence-electron chi connectivity index (χ4n) is 1.47. The smallest absolute Gasteiger partial charge is 0.236 e. The molecule has 0 aliphatic heterocycles. The molecule has 19 heavy (non-hydrogen) atoms. The van der Waals surface area contributed by atoms with E-state index in [9.17, 15) is 4.79 Å². The Bertz CT molecular complexity index is 398. The molecular formula is C13H21N3O3. The summed E-state index contributed by atoms with van der Waals surface area (Å²) in [5, 5.41) is 5.92. The zero-order valence-corrected chi connectivity index (χ0v) is 11.6. The first-order valence-corrected chi connectivity index (χ1v) is 6.16. The summed E-state index contributed by atoms with van der Waals surface area (Å²) in [7, 11) is 3.18. The number of aromatic nitrogens is 1. The number of hydrogen-bond donors (Lipinski definition) is 2. The summed E-state index contributed by atoms with van der Waals surface area (Å²) in [4.78, 5) is 15.7. The Morgan fingerprint density at radius 2 is 2.26 bits per heavy atom. The molecule has 6 heteroatoms. The molecule has 0 radical (unpaired) electrons. The molecule has 1 aromatic rings. The average molecular weight is 267 g/mol. The molecule has 1 rings (SSSR count). The Hall–Kier alpha value is -1.66. The van der Waals surface area contributed by atoms with Gasteiger partial charge in [-0.3, -0.25) is 4.79 Å². The number of methoxy groups -OCH3 is 2. The van der Waals surface area contributed by atoms with Crippen molar-refractivity contribution in [3.8, 4) is 5.88 Å². The second-order valence-electron chi connectivity index (χ2n) is 4.09. The van der Waals surface area contributed by atoms with Gasteiger partial charge in [0.2, 0.25) is 11.8 Å². The number of carbonyl (C=O) groups excluding carboxylic acids is 1. The molecule has 1 aromatic heterocycles. The summed E-state index contributed by atoms with van der Waals surface area (Å²) >= 11 is 0. The van der Waals surface area contributed by atoms with Crippen molar-refractivity contribution < 1.29 is 14.3 Å². The molecule has 1 unspecified atom stereocenters. The maximum absolute atomic E-state index is 11.7. The van der Waals surface area contributed by atoms with Crippen LogP contribution in [0, 0.1) is 0 Å². The minimum atomic E-state index is -0.268. The lowest BCUT2D eigenvalue weighted by molar-refractivity contribution is -0.122. The van der Waals surface area contributed by atoms with E-state index in [4.69, 9.17) is 9.47 Å². The van der Waals surface area contributed by atoms with Crippen molar-refractivity contribution in [1.82, 2.24) is 15.6 Å². The lowest BCUT2D eigenvalue weighted by atomic mass is 10.2. The summed E-state index contributed by atoms with van der Waals surface area (Å²) in [6.45, 7) is 3.43. The molecule has 0 saturated carbocycles. The van der Waals surface area contributed by atoms with Crippen LogP contribution in [0.3, 0.4) is 0 Å². The average Bonchev–Trinajstić information content (AvgIpc) is 2.45. The van der Waals surface area contributed by atoms with Gasteiger partial charge in [0.15, 0.2) is 0 Å². The predicted octanol–water partition coefficient (Wildman–Crippen LogP) is 0.331. The van der Waals surface area contributed by atoms with Crippen LogP contribution in [0.2, 0.25) is 0 Å². The van der Waals surface area contributed by atoms with Crippen molar-refractivity contribution >= 4 is 5.91 Å². The summed E-state index contributed by atoms with van der Waals surface area (Å²) in [6, 6.07) is 3.45. The molecule has 1 atom stereocenters. The fraction of sp³-hybridized carbons (Fsp3) is 0.538. The van der Waals surface area contributed by atoms with Gasteiger partial charge in [-0.25, -0.2) is 4.98 Å². The van der Waals surface area contributed by atoms with Crippen molar-refractivity contribution in [3.05, 3.63) is 23.9 Å². The monoisotopic (exact) mass is 267 g/mol. The normalized spacial score (nSPS) is 11.9. The quantitative estimate of drug-likeness (QED) is 0.664. The zero-order valence-electron chi connectivity index (χ0n) is 11.6. The number of ether oxygens (including phenoxy) is 2. The van der Waals surface area contributed by atoms with Gasteiger partial charge in [-0.05, 0) is 18.6 Å². The molecule has 2 N–H and O–H groups in total. The number of nitrogens with one attached hydrogen (secondary N) is 2. The van der Waals surface area contributed by atoms with Crippen molar-refractivity contribution in [2.24, 2.45) is 0 Å². The highest BCUT2D eigenvalue weighted by Gasteiger charge is 2.11. The molecule has 0 fully saturated rings. The molecule has 0 spiro atoms. The van der Waals surface area contributed by atoms with Gasteiger partial charge in [-0.2, -0.15) is 0 Å². The largest absolute Gasteiger partial charge is 0.481 e. The van der Waals surface area contributed by atoms with Gasteiger partial charge in [-0.1, -0.05) is 0 Å². The standard InChI is InChI=1S/C13H21N3O3/c1-10(13(17)15-6-7-18-2)16-9-11-4-5-14-12(8-11)19-3/h4-5,8,10,16H,6-7,9H2,1-3H3,(H,15,17). The van der Waals surface area contributed by atoms with Crippen LogP contribution < -0.4 is 15.4 Å². The molecule has 1 amide bonds. The van der Waals surface area contributed by atoms with E-state index in [1.165, 1.54) is 0 Å². The first kappa shape index (κ1) is 15.4. The molecule has 0 bridgehead atoms. The minimum Gasteiger partial charge on any atom is -0.481 e. The molecule has 0 aliphatic rings. The van der Waals surface area contributed by atoms with Crippen molar-refractivity contribution in [3.63, 3.8) is 0 Å². The van der Waals surface area contributed by atoms with Gasteiger partial charge >= 0.3 is 0 Å². The Morgan fingerprint density at radius 3 is 2.95 bits per heavy atom. The molecule has 1 heterocycles. The van der Waals surface area contributed by atoms with Crippen LogP contribution in [-0.2, 0) is 16.1 Å². The van der Waals surface area contributed by atoms with Crippen molar-refractivity contribution in [2.45, 2.75) is 19.5 Å². The third-order valence-electron chi connectivity index (χ3n) is 2.62. The molecule has 6 nitrogen and oxygen atoms in total. The highest BCUT2D eigenvalue weighted by Crippen LogP contribution is 2.08. The zero-order chi connectivity index (χ0) is 14.1. The fourth-order valence-corrected chi connectivity index (χ4v) is 1.47. The van der Waals surface area contributed by atoms with Gasteiger partial charge < -0.3 is 20.1 Å². The van der Waals surface area contributed by atoms with E-state index in [0.29, 0.717) is 25.6 Å². The highest BCUT2D eigenvalue weighted by atomic mass is 16.5.